The Kier molecular flexibility index (Phi) is 3.00. The molecular formula is C10H13N5O. The van der Waals surface area contributed by atoms with Crippen LogP contribution in [0.4, 0.5) is 0 Å². The maximum absolute atomic E-state index is 11.7. The van der Waals surface area contributed by atoms with Crippen molar-refractivity contribution in [3.8, 4) is 0 Å². The molecule has 0 bridgehead atoms. The Morgan fingerprint density at radius 2 is 2.38 bits per heavy atom. The van der Waals surface area contributed by atoms with E-state index in [9.17, 15) is 4.79 Å². The number of amides is 1. The average molecular weight is 219 g/mol. The number of imidazole rings is 1. The molecule has 1 amide bonds. The van der Waals surface area contributed by atoms with Gasteiger partial charge in [-0.2, -0.15) is 5.10 Å². The summed E-state index contributed by atoms with van der Waals surface area (Å²) in [6.45, 7) is 2.39. The van der Waals surface area contributed by atoms with E-state index in [4.69, 9.17) is 0 Å². The van der Waals surface area contributed by atoms with Gasteiger partial charge in [-0.25, -0.2) is 4.98 Å². The molecule has 0 spiro atoms. The molecule has 2 aromatic rings. The van der Waals surface area contributed by atoms with Crippen molar-refractivity contribution in [1.29, 1.82) is 0 Å². The minimum atomic E-state index is -0.106. The van der Waals surface area contributed by atoms with Crippen molar-refractivity contribution in [3.05, 3.63) is 35.7 Å². The van der Waals surface area contributed by atoms with E-state index in [0.29, 0.717) is 12.1 Å². The Labute approximate surface area is 92.5 Å². The third kappa shape index (κ3) is 2.28. The number of carbonyl (C=O) groups is 1. The Morgan fingerprint density at radius 3 is 3.00 bits per heavy atom. The third-order valence-electron chi connectivity index (χ3n) is 2.31. The number of H-pyrrole nitrogens is 2. The number of carbonyl (C=O) groups excluding carboxylic acids is 1. The van der Waals surface area contributed by atoms with E-state index in [2.05, 4.69) is 25.5 Å². The van der Waals surface area contributed by atoms with E-state index in [0.717, 1.165) is 17.8 Å². The van der Waals surface area contributed by atoms with Crippen LogP contribution in [0.3, 0.4) is 0 Å². The number of nitrogens with one attached hydrogen (secondary N) is 3. The first-order valence-corrected chi connectivity index (χ1v) is 5.03. The Morgan fingerprint density at radius 1 is 1.50 bits per heavy atom. The Hall–Kier alpha value is -2.11. The zero-order valence-electron chi connectivity index (χ0n) is 8.95. The first-order chi connectivity index (χ1) is 7.77. The maximum Gasteiger partial charge on any atom is 0.254 e. The summed E-state index contributed by atoms with van der Waals surface area (Å²) in [6.07, 6.45) is 5.64. The second-order valence-corrected chi connectivity index (χ2v) is 3.49. The molecule has 0 atom stereocenters. The summed E-state index contributed by atoms with van der Waals surface area (Å²) < 4.78 is 0. The lowest BCUT2D eigenvalue weighted by atomic mass is 10.2. The zero-order valence-corrected chi connectivity index (χ0v) is 8.95. The van der Waals surface area contributed by atoms with Gasteiger partial charge in [0, 0.05) is 30.6 Å². The van der Waals surface area contributed by atoms with Crippen molar-refractivity contribution >= 4 is 5.91 Å². The van der Waals surface area contributed by atoms with Crippen molar-refractivity contribution in [2.24, 2.45) is 0 Å². The molecule has 2 heterocycles. The maximum atomic E-state index is 11.7. The van der Waals surface area contributed by atoms with Gasteiger partial charge in [0.1, 0.15) is 0 Å². The summed E-state index contributed by atoms with van der Waals surface area (Å²) in [5, 5.41) is 9.34. The van der Waals surface area contributed by atoms with E-state index in [1.807, 2.05) is 6.92 Å². The van der Waals surface area contributed by atoms with Crippen molar-refractivity contribution in [2.45, 2.75) is 13.3 Å². The van der Waals surface area contributed by atoms with Crippen LogP contribution in [-0.4, -0.2) is 32.6 Å². The number of aromatic nitrogens is 4. The summed E-state index contributed by atoms with van der Waals surface area (Å²) in [7, 11) is 0. The quantitative estimate of drug-likeness (QED) is 0.696. The van der Waals surface area contributed by atoms with Gasteiger partial charge in [-0.3, -0.25) is 9.89 Å². The van der Waals surface area contributed by atoms with E-state index in [1.165, 1.54) is 6.20 Å². The van der Waals surface area contributed by atoms with Gasteiger partial charge in [0.2, 0.25) is 0 Å². The fourth-order valence-corrected chi connectivity index (χ4v) is 1.41. The third-order valence-corrected chi connectivity index (χ3v) is 2.31. The van der Waals surface area contributed by atoms with Crippen LogP contribution in [0.2, 0.25) is 0 Å². The first kappa shape index (κ1) is 10.4. The van der Waals surface area contributed by atoms with Crippen LogP contribution in [0.25, 0.3) is 0 Å². The van der Waals surface area contributed by atoms with Crippen molar-refractivity contribution in [1.82, 2.24) is 25.5 Å². The minimum absolute atomic E-state index is 0.106. The largest absolute Gasteiger partial charge is 0.352 e. The molecule has 0 aromatic carbocycles. The standard InChI is InChI=1S/C10H13N5O/c1-7-9(5-14-15-7)10(16)12-3-2-8-4-11-6-13-8/h4-6H,2-3H2,1H3,(H,11,13)(H,12,16)(H,14,15). The van der Waals surface area contributed by atoms with Gasteiger partial charge in [0.15, 0.2) is 0 Å². The molecule has 0 saturated carbocycles. The number of aryl methyl sites for hydroxylation is 1. The van der Waals surface area contributed by atoms with Crippen molar-refractivity contribution in [3.63, 3.8) is 0 Å². The molecule has 2 aromatic heterocycles. The number of rotatable bonds is 4. The summed E-state index contributed by atoms with van der Waals surface area (Å²) in [5.74, 6) is -0.106. The number of aromatic amines is 2. The lowest BCUT2D eigenvalue weighted by Crippen LogP contribution is -2.26. The monoisotopic (exact) mass is 219 g/mol. The second kappa shape index (κ2) is 4.61. The first-order valence-electron chi connectivity index (χ1n) is 5.03. The molecule has 2 rings (SSSR count). The molecule has 0 aliphatic carbocycles. The highest BCUT2D eigenvalue weighted by Crippen LogP contribution is 2.01. The zero-order chi connectivity index (χ0) is 11.4. The molecular weight excluding hydrogens is 206 g/mol. The number of hydrogen-bond acceptors (Lipinski definition) is 3. The summed E-state index contributed by atoms with van der Waals surface area (Å²) in [6, 6.07) is 0. The smallest absolute Gasteiger partial charge is 0.254 e. The van der Waals surface area contributed by atoms with E-state index < -0.39 is 0 Å². The predicted octanol–water partition coefficient (Wildman–Crippen LogP) is 0.414. The van der Waals surface area contributed by atoms with Crippen LogP contribution in [0.5, 0.6) is 0 Å². The summed E-state index contributed by atoms with van der Waals surface area (Å²) >= 11 is 0. The predicted molar refractivity (Wildman–Crippen MR) is 57.9 cm³/mol. The molecule has 16 heavy (non-hydrogen) atoms. The molecule has 84 valence electrons. The average Bonchev–Trinajstić information content (AvgIpc) is 2.88. The molecule has 0 saturated heterocycles. The number of hydrogen-bond donors (Lipinski definition) is 3. The highest BCUT2D eigenvalue weighted by Gasteiger charge is 2.09. The molecule has 0 fully saturated rings. The molecule has 6 nitrogen and oxygen atoms in total. The van der Waals surface area contributed by atoms with Crippen molar-refractivity contribution < 1.29 is 4.79 Å². The molecule has 0 unspecified atom stereocenters. The van der Waals surface area contributed by atoms with Crippen LogP contribution < -0.4 is 5.32 Å². The van der Waals surface area contributed by atoms with Crippen molar-refractivity contribution in [2.75, 3.05) is 6.54 Å². The van der Waals surface area contributed by atoms with Gasteiger partial charge < -0.3 is 10.3 Å². The second-order valence-electron chi connectivity index (χ2n) is 3.49. The van der Waals surface area contributed by atoms with Gasteiger partial charge in [-0.1, -0.05) is 0 Å². The van der Waals surface area contributed by atoms with E-state index >= 15 is 0 Å². The lowest BCUT2D eigenvalue weighted by Gasteiger charge is -2.02. The Balaban J connectivity index is 1.83. The fraction of sp³-hybridized carbons (Fsp3) is 0.300. The van der Waals surface area contributed by atoms with Crippen LogP contribution in [-0.2, 0) is 6.42 Å². The number of nitrogens with zero attached hydrogens (tertiary/aromatic N) is 2. The van der Waals surface area contributed by atoms with Gasteiger partial charge >= 0.3 is 0 Å². The summed E-state index contributed by atoms with van der Waals surface area (Å²) in [4.78, 5) is 18.5. The Bertz CT molecular complexity index is 459. The fourth-order valence-electron chi connectivity index (χ4n) is 1.41. The molecule has 6 heteroatoms. The van der Waals surface area contributed by atoms with Gasteiger partial charge in [-0.15, -0.1) is 0 Å². The molecule has 0 aliphatic rings. The SMILES string of the molecule is Cc1[nH]ncc1C(=O)NCCc1cnc[nH]1. The normalized spacial score (nSPS) is 10.3. The lowest BCUT2D eigenvalue weighted by molar-refractivity contribution is 0.0953. The van der Waals surface area contributed by atoms with Crippen LogP contribution in [0, 0.1) is 6.92 Å². The van der Waals surface area contributed by atoms with Crippen LogP contribution >= 0.6 is 0 Å². The van der Waals surface area contributed by atoms with E-state index in [1.54, 1.807) is 12.5 Å². The highest BCUT2D eigenvalue weighted by molar-refractivity contribution is 5.94. The molecule has 3 N–H and O–H groups in total. The minimum Gasteiger partial charge on any atom is -0.352 e. The molecule has 0 aliphatic heterocycles. The topological polar surface area (TPSA) is 86.5 Å². The van der Waals surface area contributed by atoms with E-state index in [-0.39, 0.29) is 5.91 Å². The summed E-state index contributed by atoms with van der Waals surface area (Å²) in [5.41, 5.74) is 2.37. The van der Waals surface area contributed by atoms with Crippen LogP contribution in [0.15, 0.2) is 18.7 Å². The molecule has 0 radical (unpaired) electrons. The van der Waals surface area contributed by atoms with Gasteiger partial charge in [-0.05, 0) is 6.92 Å². The van der Waals surface area contributed by atoms with Gasteiger partial charge in [0.25, 0.3) is 5.91 Å². The highest BCUT2D eigenvalue weighted by atomic mass is 16.1. The van der Waals surface area contributed by atoms with Crippen LogP contribution in [0.1, 0.15) is 21.7 Å². The van der Waals surface area contributed by atoms with Gasteiger partial charge in [0.05, 0.1) is 18.1 Å².